The molecule has 102 valence electrons. The van der Waals surface area contributed by atoms with E-state index in [1.165, 1.54) is 18.2 Å². The van der Waals surface area contributed by atoms with E-state index < -0.39 is 0 Å². The van der Waals surface area contributed by atoms with Crippen molar-refractivity contribution in [1.29, 1.82) is 0 Å². The zero-order valence-corrected chi connectivity index (χ0v) is 10.8. The second-order valence-electron chi connectivity index (χ2n) is 4.28. The van der Waals surface area contributed by atoms with Crippen molar-refractivity contribution in [3.63, 3.8) is 0 Å². The van der Waals surface area contributed by atoms with Gasteiger partial charge in [0.1, 0.15) is 18.2 Å². The molecule has 0 saturated carbocycles. The molecular weight excluding hydrogens is 247 g/mol. The maximum Gasteiger partial charge on any atom is 0.130 e. The molecule has 0 bridgehead atoms. The highest BCUT2D eigenvalue weighted by Gasteiger charge is 2.07. The summed E-state index contributed by atoms with van der Waals surface area (Å²) in [5, 5.41) is 9.17. The molecule has 0 saturated heterocycles. The molecule has 5 heteroatoms. The topological polar surface area (TPSA) is 47.3 Å². The first-order chi connectivity index (χ1) is 9.24. The van der Waals surface area contributed by atoms with Crippen LogP contribution in [0.3, 0.4) is 0 Å². The van der Waals surface area contributed by atoms with Crippen molar-refractivity contribution in [2.24, 2.45) is 0 Å². The fourth-order valence-corrected chi connectivity index (χ4v) is 1.87. The predicted octanol–water partition coefficient (Wildman–Crippen LogP) is 2.50. The molecule has 0 aliphatic carbocycles. The maximum absolute atomic E-state index is 13.0. The summed E-state index contributed by atoms with van der Waals surface area (Å²) >= 11 is 0. The summed E-state index contributed by atoms with van der Waals surface area (Å²) in [7, 11) is 0. The number of imidazole rings is 1. The second-order valence-corrected chi connectivity index (χ2v) is 4.28. The van der Waals surface area contributed by atoms with Gasteiger partial charge in [0.15, 0.2) is 0 Å². The third-order valence-corrected chi connectivity index (χ3v) is 2.83. The molecule has 0 spiro atoms. The lowest BCUT2D eigenvalue weighted by Gasteiger charge is -2.11. The normalized spacial score (nSPS) is 10.7. The summed E-state index contributed by atoms with van der Waals surface area (Å²) in [5.74, 6) is 0.112. The molecule has 0 radical (unpaired) electrons. The van der Waals surface area contributed by atoms with Crippen LogP contribution in [0.15, 0.2) is 30.7 Å². The number of aromatic nitrogens is 2. The minimum Gasteiger partial charge on any atom is -0.487 e. The number of aryl methyl sites for hydroxylation is 1. The summed E-state index contributed by atoms with van der Waals surface area (Å²) < 4.78 is 20.7. The minimum absolute atomic E-state index is 0.249. The van der Waals surface area contributed by atoms with E-state index in [4.69, 9.17) is 4.74 Å². The molecule has 0 atom stereocenters. The molecule has 0 unspecified atom stereocenters. The van der Waals surface area contributed by atoms with Crippen molar-refractivity contribution in [2.45, 2.75) is 33.1 Å². The zero-order valence-electron chi connectivity index (χ0n) is 10.8. The molecule has 1 heterocycles. The molecule has 19 heavy (non-hydrogen) atoms. The number of rotatable bonds is 6. The summed E-state index contributed by atoms with van der Waals surface area (Å²) in [6.07, 6.45) is 4.53. The van der Waals surface area contributed by atoms with Gasteiger partial charge in [-0.25, -0.2) is 9.37 Å². The molecular formula is C14H17FN2O2. The number of aliphatic hydroxyl groups is 1. The Balaban J connectivity index is 2.07. The fourth-order valence-electron chi connectivity index (χ4n) is 1.87. The van der Waals surface area contributed by atoms with E-state index in [1.54, 1.807) is 12.5 Å². The molecule has 1 aromatic heterocycles. The van der Waals surface area contributed by atoms with Crippen LogP contribution in [0.4, 0.5) is 4.39 Å². The number of ether oxygens (including phenoxy) is 1. The van der Waals surface area contributed by atoms with Gasteiger partial charge in [-0.15, -0.1) is 0 Å². The Morgan fingerprint density at radius 3 is 3.00 bits per heavy atom. The summed E-state index contributed by atoms with van der Waals surface area (Å²) in [6.45, 7) is 3.07. The summed E-state index contributed by atoms with van der Waals surface area (Å²) in [4.78, 5) is 4.08. The highest BCUT2D eigenvalue weighted by Crippen LogP contribution is 2.21. The van der Waals surface area contributed by atoms with Crippen LogP contribution in [0.5, 0.6) is 5.75 Å². The molecule has 1 N–H and O–H groups in total. The van der Waals surface area contributed by atoms with Crippen molar-refractivity contribution in [1.82, 2.24) is 9.55 Å². The summed E-state index contributed by atoms with van der Waals surface area (Å²) in [5.41, 5.74) is 1.40. The van der Waals surface area contributed by atoms with E-state index >= 15 is 0 Å². The van der Waals surface area contributed by atoms with Gasteiger partial charge in [0.2, 0.25) is 0 Å². The van der Waals surface area contributed by atoms with Gasteiger partial charge in [-0.3, -0.25) is 0 Å². The predicted molar refractivity (Wildman–Crippen MR) is 69.2 cm³/mol. The van der Waals surface area contributed by atoms with Gasteiger partial charge in [0, 0.05) is 12.1 Å². The first-order valence-electron chi connectivity index (χ1n) is 6.25. The van der Waals surface area contributed by atoms with E-state index in [9.17, 15) is 9.50 Å². The maximum atomic E-state index is 13.0. The Kier molecular flexibility index (Phi) is 4.52. The Labute approximate surface area is 111 Å². The molecule has 2 rings (SSSR count). The van der Waals surface area contributed by atoms with Crippen molar-refractivity contribution in [3.8, 4) is 5.75 Å². The van der Waals surface area contributed by atoms with Crippen LogP contribution in [0.2, 0.25) is 0 Å². The smallest absolute Gasteiger partial charge is 0.130 e. The zero-order chi connectivity index (χ0) is 13.7. The Hall–Kier alpha value is -1.88. The van der Waals surface area contributed by atoms with E-state index in [0.717, 1.165) is 18.7 Å². The molecule has 0 amide bonds. The van der Waals surface area contributed by atoms with Crippen LogP contribution in [-0.4, -0.2) is 14.7 Å². The van der Waals surface area contributed by atoms with Crippen molar-refractivity contribution >= 4 is 0 Å². The molecule has 0 aliphatic heterocycles. The van der Waals surface area contributed by atoms with Gasteiger partial charge in [0.25, 0.3) is 0 Å². The number of halogens is 1. The van der Waals surface area contributed by atoms with Crippen LogP contribution in [0, 0.1) is 5.82 Å². The van der Waals surface area contributed by atoms with Gasteiger partial charge in [-0.1, -0.05) is 6.92 Å². The Morgan fingerprint density at radius 1 is 1.42 bits per heavy atom. The number of benzene rings is 1. The van der Waals surface area contributed by atoms with Crippen LogP contribution in [-0.2, 0) is 19.8 Å². The number of nitrogens with zero attached hydrogens (tertiary/aromatic N) is 2. The first kappa shape index (κ1) is 13.5. The minimum atomic E-state index is -0.382. The lowest BCUT2D eigenvalue weighted by atomic mass is 10.2. The van der Waals surface area contributed by atoms with Gasteiger partial charge in [-0.05, 0) is 24.6 Å². The van der Waals surface area contributed by atoms with Crippen LogP contribution in [0.1, 0.15) is 24.6 Å². The van der Waals surface area contributed by atoms with Gasteiger partial charge >= 0.3 is 0 Å². The fraction of sp³-hybridized carbons (Fsp3) is 0.357. The lowest BCUT2D eigenvalue weighted by Crippen LogP contribution is -2.06. The van der Waals surface area contributed by atoms with Gasteiger partial charge in [-0.2, -0.15) is 0 Å². The Morgan fingerprint density at radius 2 is 2.26 bits per heavy atom. The third-order valence-electron chi connectivity index (χ3n) is 2.83. The van der Waals surface area contributed by atoms with Gasteiger partial charge < -0.3 is 14.4 Å². The van der Waals surface area contributed by atoms with Crippen molar-refractivity contribution in [3.05, 3.63) is 47.8 Å². The lowest BCUT2D eigenvalue weighted by molar-refractivity contribution is 0.254. The molecule has 2 aromatic rings. The average molecular weight is 264 g/mol. The van der Waals surface area contributed by atoms with Crippen LogP contribution < -0.4 is 4.74 Å². The number of hydrogen-bond donors (Lipinski definition) is 1. The SMILES string of the molecule is CCCn1cncc1COc1ccc(F)cc1CO. The third kappa shape index (κ3) is 3.32. The standard InChI is InChI=1S/C14H17FN2O2/c1-2-5-17-10-16-7-13(17)9-19-14-4-3-12(15)6-11(14)8-18/h3-4,6-7,10,18H,2,5,8-9H2,1H3. The quantitative estimate of drug-likeness (QED) is 0.872. The van der Waals surface area contributed by atoms with Crippen LogP contribution >= 0.6 is 0 Å². The van der Waals surface area contributed by atoms with E-state index in [0.29, 0.717) is 17.9 Å². The molecule has 0 fully saturated rings. The largest absolute Gasteiger partial charge is 0.487 e. The van der Waals surface area contributed by atoms with E-state index in [1.807, 2.05) is 4.57 Å². The average Bonchev–Trinajstić information content (AvgIpc) is 2.85. The van der Waals surface area contributed by atoms with E-state index in [2.05, 4.69) is 11.9 Å². The highest BCUT2D eigenvalue weighted by molar-refractivity contribution is 5.33. The highest BCUT2D eigenvalue weighted by atomic mass is 19.1. The second kappa shape index (κ2) is 6.33. The van der Waals surface area contributed by atoms with Crippen molar-refractivity contribution in [2.75, 3.05) is 0 Å². The monoisotopic (exact) mass is 264 g/mol. The number of aliphatic hydroxyl groups excluding tert-OH is 1. The first-order valence-corrected chi connectivity index (χ1v) is 6.25. The van der Waals surface area contributed by atoms with Gasteiger partial charge in [0.05, 0.1) is 24.8 Å². The van der Waals surface area contributed by atoms with Crippen molar-refractivity contribution < 1.29 is 14.2 Å². The summed E-state index contributed by atoms with van der Waals surface area (Å²) in [6, 6.07) is 4.12. The molecule has 0 aliphatic rings. The van der Waals surface area contributed by atoms with E-state index in [-0.39, 0.29) is 12.4 Å². The molecule has 1 aromatic carbocycles. The molecule has 4 nitrogen and oxygen atoms in total. The van der Waals surface area contributed by atoms with Crippen LogP contribution in [0.25, 0.3) is 0 Å². The Bertz CT molecular complexity index is 540. The number of hydrogen-bond acceptors (Lipinski definition) is 3.